The Labute approximate surface area is 164 Å². The molecular formula is C19H23N5O3S. The number of hydrogen-bond donors (Lipinski definition) is 2. The molecule has 148 valence electrons. The molecule has 0 unspecified atom stereocenters. The van der Waals surface area contributed by atoms with Crippen LogP contribution < -0.4 is 10.0 Å². The van der Waals surface area contributed by atoms with E-state index in [1.54, 1.807) is 12.3 Å². The van der Waals surface area contributed by atoms with Crippen LogP contribution in [0.1, 0.15) is 42.9 Å². The first kappa shape index (κ1) is 20.0. The normalized spacial score (nSPS) is 11.9. The molecule has 0 aliphatic rings. The molecule has 2 aromatic heterocycles. The smallest absolute Gasteiger partial charge is 0.255 e. The number of anilines is 1. The minimum Gasteiger partial charge on any atom is -0.321 e. The van der Waals surface area contributed by atoms with Gasteiger partial charge in [0, 0.05) is 17.0 Å². The Kier molecular flexibility index (Phi) is 5.48. The summed E-state index contributed by atoms with van der Waals surface area (Å²) >= 11 is 0. The van der Waals surface area contributed by atoms with Crippen molar-refractivity contribution in [2.45, 2.75) is 38.1 Å². The zero-order valence-corrected chi connectivity index (χ0v) is 17.0. The Balaban J connectivity index is 1.93. The fourth-order valence-electron chi connectivity index (χ4n) is 2.90. The number of nitrogens with zero attached hydrogens (tertiary/aromatic N) is 3. The zero-order valence-electron chi connectivity index (χ0n) is 16.2. The molecule has 0 aliphatic heterocycles. The molecule has 8 nitrogen and oxygen atoms in total. The van der Waals surface area contributed by atoms with E-state index in [0.29, 0.717) is 5.69 Å². The molecule has 9 heteroatoms. The van der Waals surface area contributed by atoms with Crippen LogP contribution in [-0.4, -0.2) is 36.1 Å². The van der Waals surface area contributed by atoms with Gasteiger partial charge in [-0.1, -0.05) is 13.0 Å². The first-order chi connectivity index (χ1) is 13.3. The Morgan fingerprint density at radius 2 is 2.00 bits per heavy atom. The van der Waals surface area contributed by atoms with Gasteiger partial charge in [-0.2, -0.15) is 5.10 Å². The standard InChI is InChI=1S/C19H23N5O3S/c1-5-17-16-10-14(11-21-18(16)24(23-17)12(2)3)22-19(25)13-7-6-8-15(9-13)28(26,27)20-4/h6-12,20H,5H2,1-4H3,(H,22,25). The van der Waals surface area contributed by atoms with Gasteiger partial charge in [-0.15, -0.1) is 0 Å². The van der Waals surface area contributed by atoms with Gasteiger partial charge in [0.25, 0.3) is 5.91 Å². The van der Waals surface area contributed by atoms with Crippen LogP contribution in [0, 0.1) is 0 Å². The van der Waals surface area contributed by atoms with Gasteiger partial charge in [0.1, 0.15) is 0 Å². The van der Waals surface area contributed by atoms with Crippen molar-refractivity contribution in [3.8, 4) is 0 Å². The van der Waals surface area contributed by atoms with Gasteiger partial charge in [0.05, 0.1) is 22.5 Å². The lowest BCUT2D eigenvalue weighted by Crippen LogP contribution is -2.19. The molecule has 0 atom stereocenters. The molecule has 1 amide bonds. The number of carbonyl (C=O) groups is 1. The van der Waals surface area contributed by atoms with Crippen LogP contribution in [0.5, 0.6) is 0 Å². The molecule has 3 aromatic rings. The summed E-state index contributed by atoms with van der Waals surface area (Å²) in [5.41, 5.74) is 2.45. The highest BCUT2D eigenvalue weighted by atomic mass is 32.2. The highest BCUT2D eigenvalue weighted by Crippen LogP contribution is 2.24. The Morgan fingerprint density at radius 1 is 1.25 bits per heavy atom. The average Bonchev–Trinajstić information content (AvgIpc) is 3.06. The molecule has 0 saturated heterocycles. The molecule has 28 heavy (non-hydrogen) atoms. The Morgan fingerprint density at radius 3 is 2.64 bits per heavy atom. The Bertz CT molecular complexity index is 1140. The quantitative estimate of drug-likeness (QED) is 0.661. The first-order valence-electron chi connectivity index (χ1n) is 8.99. The third kappa shape index (κ3) is 3.76. The van der Waals surface area contributed by atoms with Crippen LogP contribution in [-0.2, 0) is 16.4 Å². The third-order valence-electron chi connectivity index (χ3n) is 4.38. The molecule has 0 aliphatic carbocycles. The van der Waals surface area contributed by atoms with Gasteiger partial charge in [0.15, 0.2) is 5.65 Å². The fourth-order valence-corrected chi connectivity index (χ4v) is 3.67. The van der Waals surface area contributed by atoms with Crippen molar-refractivity contribution in [2.24, 2.45) is 0 Å². The SMILES string of the molecule is CCc1nn(C(C)C)c2ncc(NC(=O)c3cccc(S(=O)(=O)NC)c3)cc12. The molecule has 0 spiro atoms. The number of sulfonamides is 1. The van der Waals surface area contributed by atoms with Crippen molar-refractivity contribution >= 4 is 32.7 Å². The van der Waals surface area contributed by atoms with E-state index in [-0.39, 0.29) is 16.5 Å². The second-order valence-electron chi connectivity index (χ2n) is 6.62. The largest absolute Gasteiger partial charge is 0.321 e. The number of fused-ring (bicyclic) bond motifs is 1. The summed E-state index contributed by atoms with van der Waals surface area (Å²) in [4.78, 5) is 17.1. The maximum absolute atomic E-state index is 12.6. The summed E-state index contributed by atoms with van der Waals surface area (Å²) in [5.74, 6) is -0.413. The van der Waals surface area contributed by atoms with Crippen molar-refractivity contribution in [1.82, 2.24) is 19.5 Å². The molecule has 3 rings (SSSR count). The van der Waals surface area contributed by atoms with Crippen LogP contribution in [0.25, 0.3) is 11.0 Å². The van der Waals surface area contributed by atoms with Crippen LogP contribution in [0.4, 0.5) is 5.69 Å². The lowest BCUT2D eigenvalue weighted by molar-refractivity contribution is 0.102. The van der Waals surface area contributed by atoms with E-state index in [9.17, 15) is 13.2 Å². The van der Waals surface area contributed by atoms with Crippen molar-refractivity contribution in [3.63, 3.8) is 0 Å². The van der Waals surface area contributed by atoms with Gasteiger partial charge in [-0.25, -0.2) is 22.8 Å². The van der Waals surface area contributed by atoms with Gasteiger partial charge >= 0.3 is 0 Å². The van der Waals surface area contributed by atoms with E-state index in [0.717, 1.165) is 23.1 Å². The van der Waals surface area contributed by atoms with Crippen LogP contribution in [0.3, 0.4) is 0 Å². The summed E-state index contributed by atoms with van der Waals surface area (Å²) < 4.78 is 28.0. The van der Waals surface area contributed by atoms with Crippen LogP contribution in [0.15, 0.2) is 41.4 Å². The number of hydrogen-bond acceptors (Lipinski definition) is 5. The number of pyridine rings is 1. The monoisotopic (exact) mass is 401 g/mol. The van der Waals surface area contributed by atoms with Gasteiger partial charge in [0.2, 0.25) is 10.0 Å². The van der Waals surface area contributed by atoms with Gasteiger partial charge in [-0.05, 0) is 51.6 Å². The lowest BCUT2D eigenvalue weighted by Gasteiger charge is -2.08. The van der Waals surface area contributed by atoms with E-state index in [1.165, 1.54) is 25.2 Å². The zero-order chi connectivity index (χ0) is 20.5. The van der Waals surface area contributed by atoms with E-state index in [1.807, 2.05) is 31.5 Å². The van der Waals surface area contributed by atoms with E-state index in [4.69, 9.17) is 0 Å². The number of benzene rings is 1. The maximum atomic E-state index is 12.6. The molecular weight excluding hydrogens is 378 g/mol. The maximum Gasteiger partial charge on any atom is 0.255 e. The van der Waals surface area contributed by atoms with Crippen molar-refractivity contribution < 1.29 is 13.2 Å². The molecule has 2 N–H and O–H groups in total. The predicted molar refractivity (Wildman–Crippen MR) is 108 cm³/mol. The molecule has 0 radical (unpaired) electrons. The number of aromatic nitrogens is 3. The number of amides is 1. The first-order valence-corrected chi connectivity index (χ1v) is 10.5. The molecule has 1 aromatic carbocycles. The van der Waals surface area contributed by atoms with E-state index >= 15 is 0 Å². The minimum absolute atomic E-state index is 0.0303. The van der Waals surface area contributed by atoms with Crippen molar-refractivity contribution in [2.75, 3.05) is 12.4 Å². The highest BCUT2D eigenvalue weighted by Gasteiger charge is 2.16. The molecule has 0 bridgehead atoms. The number of carbonyl (C=O) groups excluding carboxylic acids is 1. The van der Waals surface area contributed by atoms with Gasteiger partial charge in [-0.3, -0.25) is 4.79 Å². The second-order valence-corrected chi connectivity index (χ2v) is 8.51. The van der Waals surface area contributed by atoms with Gasteiger partial charge < -0.3 is 5.32 Å². The number of aryl methyl sites for hydroxylation is 1. The van der Waals surface area contributed by atoms with E-state index in [2.05, 4.69) is 20.1 Å². The molecule has 0 saturated carbocycles. The highest BCUT2D eigenvalue weighted by molar-refractivity contribution is 7.89. The third-order valence-corrected chi connectivity index (χ3v) is 5.79. The summed E-state index contributed by atoms with van der Waals surface area (Å²) in [5, 5.41) is 8.27. The summed E-state index contributed by atoms with van der Waals surface area (Å²) in [7, 11) is -2.30. The lowest BCUT2D eigenvalue weighted by atomic mass is 10.2. The predicted octanol–water partition coefficient (Wildman–Crippen LogP) is 2.74. The summed E-state index contributed by atoms with van der Waals surface area (Å²) in [6, 6.07) is 7.88. The average molecular weight is 401 g/mol. The van der Waals surface area contributed by atoms with Crippen molar-refractivity contribution in [1.29, 1.82) is 0 Å². The van der Waals surface area contributed by atoms with Crippen molar-refractivity contribution in [3.05, 3.63) is 47.8 Å². The molecule has 2 heterocycles. The van der Waals surface area contributed by atoms with Crippen LogP contribution in [0.2, 0.25) is 0 Å². The molecule has 0 fully saturated rings. The summed E-state index contributed by atoms with van der Waals surface area (Å²) in [6.07, 6.45) is 2.33. The fraction of sp³-hybridized carbons (Fsp3) is 0.316. The topological polar surface area (TPSA) is 106 Å². The second kappa shape index (κ2) is 7.69. The minimum atomic E-state index is -3.62. The van der Waals surface area contributed by atoms with Crippen LogP contribution >= 0.6 is 0 Å². The summed E-state index contributed by atoms with van der Waals surface area (Å²) in [6.45, 7) is 6.09. The Hall–Kier alpha value is -2.78. The number of nitrogens with one attached hydrogen (secondary N) is 2. The van der Waals surface area contributed by atoms with E-state index < -0.39 is 15.9 Å². The number of rotatable bonds is 6.